The Bertz CT molecular complexity index is 548. The average Bonchev–Trinajstić information content (AvgIpc) is 2.90. The van der Waals surface area contributed by atoms with E-state index >= 15 is 0 Å². The standard InChI is InChI=1S/C14H22O3SSi/c1-18(15,16)17-14(11-13(14)19(2,3)4)10-12-8-6-5-7-9-12/h5-9,13H,10-11H2,1-4H3/t13-,14-/m1/s1. The molecule has 1 aliphatic rings. The van der Waals surface area contributed by atoms with Crippen LogP contribution in [0.2, 0.25) is 25.2 Å². The van der Waals surface area contributed by atoms with Crippen molar-refractivity contribution < 1.29 is 12.6 Å². The van der Waals surface area contributed by atoms with Crippen molar-refractivity contribution in [1.82, 2.24) is 0 Å². The molecule has 2 atom stereocenters. The first-order valence-electron chi connectivity index (χ1n) is 6.57. The summed E-state index contributed by atoms with van der Waals surface area (Å²) in [5.74, 6) is 0. The summed E-state index contributed by atoms with van der Waals surface area (Å²) in [4.78, 5) is 0. The normalized spacial score (nSPS) is 27.3. The number of hydrogen-bond acceptors (Lipinski definition) is 3. The summed E-state index contributed by atoms with van der Waals surface area (Å²) in [6.07, 6.45) is 2.71. The Kier molecular flexibility index (Phi) is 3.66. The van der Waals surface area contributed by atoms with Gasteiger partial charge in [-0.15, -0.1) is 0 Å². The van der Waals surface area contributed by atoms with Crippen LogP contribution in [0.5, 0.6) is 0 Å². The average molecular weight is 298 g/mol. The van der Waals surface area contributed by atoms with Gasteiger partial charge in [-0.25, -0.2) is 0 Å². The Balaban J connectivity index is 2.23. The van der Waals surface area contributed by atoms with Crippen molar-refractivity contribution in [2.24, 2.45) is 0 Å². The number of benzene rings is 1. The fourth-order valence-electron chi connectivity index (χ4n) is 2.94. The van der Waals surface area contributed by atoms with Gasteiger partial charge in [0.1, 0.15) is 0 Å². The molecule has 0 heterocycles. The predicted octanol–water partition coefficient (Wildman–Crippen LogP) is 3.06. The van der Waals surface area contributed by atoms with E-state index in [9.17, 15) is 8.42 Å². The van der Waals surface area contributed by atoms with Crippen LogP contribution in [0, 0.1) is 0 Å². The maximum Gasteiger partial charge on any atom is 0.264 e. The van der Waals surface area contributed by atoms with Crippen LogP contribution < -0.4 is 0 Å². The molecule has 0 amide bonds. The van der Waals surface area contributed by atoms with Crippen molar-refractivity contribution >= 4 is 18.2 Å². The Labute approximate surface area is 117 Å². The summed E-state index contributed by atoms with van der Waals surface area (Å²) in [7, 11) is -4.81. The van der Waals surface area contributed by atoms with E-state index in [-0.39, 0.29) is 0 Å². The monoisotopic (exact) mass is 298 g/mol. The molecule has 1 fully saturated rings. The molecular weight excluding hydrogens is 276 g/mol. The van der Waals surface area contributed by atoms with Gasteiger partial charge in [0.2, 0.25) is 0 Å². The number of hydrogen-bond donors (Lipinski definition) is 0. The van der Waals surface area contributed by atoms with Crippen LogP contribution in [0.4, 0.5) is 0 Å². The van der Waals surface area contributed by atoms with Crippen LogP contribution in [0.3, 0.4) is 0 Å². The molecule has 1 aliphatic carbocycles. The fourth-order valence-corrected chi connectivity index (χ4v) is 6.57. The van der Waals surface area contributed by atoms with E-state index in [1.807, 2.05) is 30.3 Å². The van der Waals surface area contributed by atoms with Gasteiger partial charge < -0.3 is 0 Å². The highest BCUT2D eigenvalue weighted by molar-refractivity contribution is 7.86. The van der Waals surface area contributed by atoms with Crippen LogP contribution >= 0.6 is 0 Å². The molecule has 5 heteroatoms. The van der Waals surface area contributed by atoms with Crippen LogP contribution in [0.25, 0.3) is 0 Å². The molecule has 3 nitrogen and oxygen atoms in total. The van der Waals surface area contributed by atoms with Crippen molar-refractivity contribution in [3.05, 3.63) is 35.9 Å². The molecule has 1 aromatic rings. The lowest BCUT2D eigenvalue weighted by molar-refractivity contribution is 0.189. The van der Waals surface area contributed by atoms with Crippen molar-refractivity contribution in [3.63, 3.8) is 0 Å². The van der Waals surface area contributed by atoms with E-state index in [1.165, 1.54) is 0 Å². The van der Waals surface area contributed by atoms with Crippen molar-refractivity contribution in [2.75, 3.05) is 6.26 Å². The molecule has 0 spiro atoms. The second kappa shape index (κ2) is 4.72. The molecule has 0 bridgehead atoms. The first-order chi connectivity index (χ1) is 8.62. The first kappa shape index (κ1) is 14.7. The highest BCUT2D eigenvalue weighted by Gasteiger charge is 2.62. The van der Waals surface area contributed by atoms with Gasteiger partial charge >= 0.3 is 0 Å². The third-order valence-corrected chi connectivity index (χ3v) is 7.19. The van der Waals surface area contributed by atoms with E-state index in [0.29, 0.717) is 12.0 Å². The lowest BCUT2D eigenvalue weighted by Gasteiger charge is -2.23. The molecule has 0 N–H and O–H groups in total. The molecule has 1 saturated carbocycles. The highest BCUT2D eigenvalue weighted by Crippen LogP contribution is 2.60. The third kappa shape index (κ3) is 3.67. The molecule has 2 rings (SSSR count). The van der Waals surface area contributed by atoms with Gasteiger partial charge in [-0.3, -0.25) is 4.18 Å². The summed E-state index contributed by atoms with van der Waals surface area (Å²) >= 11 is 0. The van der Waals surface area contributed by atoms with Crippen molar-refractivity contribution in [2.45, 2.75) is 43.6 Å². The summed E-state index contributed by atoms with van der Waals surface area (Å²) < 4.78 is 28.6. The highest BCUT2D eigenvalue weighted by atomic mass is 32.2. The lowest BCUT2D eigenvalue weighted by Crippen LogP contribution is -2.31. The largest absolute Gasteiger partial charge is 0.264 e. The zero-order valence-electron chi connectivity index (χ0n) is 12.0. The smallest absolute Gasteiger partial charge is 0.263 e. The van der Waals surface area contributed by atoms with Gasteiger partial charge in [-0.1, -0.05) is 50.0 Å². The molecule has 0 unspecified atom stereocenters. The predicted molar refractivity (Wildman–Crippen MR) is 80.5 cm³/mol. The quantitative estimate of drug-likeness (QED) is 0.620. The van der Waals surface area contributed by atoms with Crippen molar-refractivity contribution in [3.8, 4) is 0 Å². The second-order valence-corrected chi connectivity index (χ2v) is 13.6. The maximum atomic E-state index is 11.5. The minimum Gasteiger partial charge on any atom is -0.263 e. The molecule has 0 aliphatic heterocycles. The fraction of sp³-hybridized carbons (Fsp3) is 0.571. The summed E-state index contributed by atoms with van der Waals surface area (Å²) in [6, 6.07) is 10.0. The molecule has 19 heavy (non-hydrogen) atoms. The number of rotatable bonds is 5. The Morgan fingerprint density at radius 1 is 1.26 bits per heavy atom. The summed E-state index contributed by atoms with van der Waals surface area (Å²) in [6.45, 7) is 6.82. The Morgan fingerprint density at radius 2 is 1.84 bits per heavy atom. The van der Waals surface area contributed by atoms with E-state index in [0.717, 1.165) is 18.2 Å². The first-order valence-corrected chi connectivity index (χ1v) is 12.0. The van der Waals surface area contributed by atoms with Gasteiger partial charge in [0.15, 0.2) is 0 Å². The van der Waals surface area contributed by atoms with Crippen LogP contribution in [-0.4, -0.2) is 28.3 Å². The Morgan fingerprint density at radius 3 is 2.26 bits per heavy atom. The molecule has 0 aromatic heterocycles. The van der Waals surface area contributed by atoms with Gasteiger partial charge in [0.25, 0.3) is 10.1 Å². The van der Waals surface area contributed by atoms with E-state index < -0.39 is 23.8 Å². The van der Waals surface area contributed by atoms with Crippen molar-refractivity contribution in [1.29, 1.82) is 0 Å². The zero-order valence-corrected chi connectivity index (χ0v) is 13.8. The molecule has 0 radical (unpaired) electrons. The van der Waals surface area contributed by atoms with Gasteiger partial charge in [0, 0.05) is 6.42 Å². The minimum atomic E-state index is -3.41. The maximum absolute atomic E-state index is 11.5. The van der Waals surface area contributed by atoms with Gasteiger partial charge in [0.05, 0.1) is 19.9 Å². The summed E-state index contributed by atoms with van der Waals surface area (Å²) in [5, 5.41) is 0. The minimum absolute atomic E-state index is 0.412. The van der Waals surface area contributed by atoms with E-state index in [1.54, 1.807) is 0 Å². The van der Waals surface area contributed by atoms with Gasteiger partial charge in [-0.05, 0) is 17.5 Å². The molecular formula is C14H22O3SSi. The SMILES string of the molecule is C[Si](C)(C)[C@@H]1C[C@@]1(Cc1ccccc1)OS(C)(=O)=O. The zero-order chi connectivity index (χ0) is 14.3. The Hall–Kier alpha value is -0.653. The summed E-state index contributed by atoms with van der Waals surface area (Å²) in [5.41, 5.74) is 1.07. The van der Waals surface area contributed by atoms with Crippen LogP contribution in [0.1, 0.15) is 12.0 Å². The van der Waals surface area contributed by atoms with E-state index in [4.69, 9.17) is 4.18 Å². The lowest BCUT2D eigenvalue weighted by atomic mass is 10.1. The molecule has 1 aromatic carbocycles. The second-order valence-electron chi connectivity index (χ2n) is 6.64. The molecule has 106 valence electrons. The molecule has 0 saturated heterocycles. The van der Waals surface area contributed by atoms with Crippen LogP contribution in [-0.2, 0) is 20.7 Å². The topological polar surface area (TPSA) is 43.4 Å². The van der Waals surface area contributed by atoms with E-state index in [2.05, 4.69) is 19.6 Å². The van der Waals surface area contributed by atoms with Gasteiger partial charge in [-0.2, -0.15) is 8.42 Å². The third-order valence-electron chi connectivity index (χ3n) is 3.73. The van der Waals surface area contributed by atoms with Crippen LogP contribution in [0.15, 0.2) is 30.3 Å².